The Labute approximate surface area is 96.5 Å². The number of halogens is 1. The molecule has 4 nitrogen and oxygen atoms in total. The van der Waals surface area contributed by atoms with Gasteiger partial charge in [-0.1, -0.05) is 11.6 Å². The van der Waals surface area contributed by atoms with Crippen LogP contribution < -0.4 is 5.32 Å². The Bertz CT molecular complexity index is 508. The highest BCUT2D eigenvalue weighted by Crippen LogP contribution is 2.26. The maximum absolute atomic E-state index is 11.6. The molecule has 0 unspecified atom stereocenters. The van der Waals surface area contributed by atoms with Crippen molar-refractivity contribution >= 4 is 23.2 Å². The van der Waals surface area contributed by atoms with Crippen LogP contribution in [0.4, 0.5) is 5.69 Å². The number of carbonyl (C=O) groups is 1. The maximum atomic E-state index is 11.6. The summed E-state index contributed by atoms with van der Waals surface area (Å²) in [7, 11) is 0. The Morgan fingerprint density at radius 1 is 1.38 bits per heavy atom. The SMILES string of the molecule is O=C(Nc1ccc(Cl)cc1O)c1ccco1. The second kappa shape index (κ2) is 4.28. The summed E-state index contributed by atoms with van der Waals surface area (Å²) >= 11 is 5.66. The van der Waals surface area contributed by atoms with Gasteiger partial charge in [0.2, 0.25) is 0 Å². The minimum atomic E-state index is -0.428. The van der Waals surface area contributed by atoms with Gasteiger partial charge in [0.1, 0.15) is 5.75 Å². The van der Waals surface area contributed by atoms with Gasteiger partial charge in [0.05, 0.1) is 12.0 Å². The molecule has 0 fully saturated rings. The van der Waals surface area contributed by atoms with Crippen LogP contribution in [-0.4, -0.2) is 11.0 Å². The molecule has 16 heavy (non-hydrogen) atoms. The van der Waals surface area contributed by atoms with E-state index >= 15 is 0 Å². The molecule has 1 amide bonds. The largest absolute Gasteiger partial charge is 0.506 e. The summed E-state index contributed by atoms with van der Waals surface area (Å²) in [5, 5.41) is 12.4. The van der Waals surface area contributed by atoms with Gasteiger partial charge in [-0.25, -0.2) is 0 Å². The van der Waals surface area contributed by atoms with E-state index in [-0.39, 0.29) is 17.2 Å². The van der Waals surface area contributed by atoms with Crippen LogP contribution in [-0.2, 0) is 0 Å². The van der Waals surface area contributed by atoms with Gasteiger partial charge in [-0.3, -0.25) is 4.79 Å². The van der Waals surface area contributed by atoms with Crippen LogP contribution in [0.2, 0.25) is 5.02 Å². The smallest absolute Gasteiger partial charge is 0.291 e. The molecule has 0 atom stereocenters. The zero-order chi connectivity index (χ0) is 11.5. The average Bonchev–Trinajstić information content (AvgIpc) is 2.75. The van der Waals surface area contributed by atoms with Crippen LogP contribution >= 0.6 is 11.6 Å². The predicted molar refractivity (Wildman–Crippen MR) is 59.8 cm³/mol. The minimum Gasteiger partial charge on any atom is -0.506 e. The fourth-order valence-electron chi connectivity index (χ4n) is 1.20. The molecular formula is C11H8ClNO3. The van der Waals surface area contributed by atoms with Crippen molar-refractivity contribution in [3.63, 3.8) is 0 Å². The Morgan fingerprint density at radius 2 is 2.19 bits per heavy atom. The second-order valence-corrected chi connectivity index (χ2v) is 3.53. The third-order valence-electron chi connectivity index (χ3n) is 1.95. The first-order valence-electron chi connectivity index (χ1n) is 4.50. The van der Waals surface area contributed by atoms with Gasteiger partial charge in [0.15, 0.2) is 5.76 Å². The van der Waals surface area contributed by atoms with Crippen LogP contribution in [0.25, 0.3) is 0 Å². The summed E-state index contributed by atoms with van der Waals surface area (Å²) in [5.41, 5.74) is 0.283. The summed E-state index contributed by atoms with van der Waals surface area (Å²) in [5.74, 6) is -0.343. The van der Waals surface area contributed by atoms with E-state index in [2.05, 4.69) is 5.32 Å². The fraction of sp³-hybridized carbons (Fsp3) is 0. The lowest BCUT2D eigenvalue weighted by Gasteiger charge is -2.05. The molecule has 82 valence electrons. The Hall–Kier alpha value is -1.94. The van der Waals surface area contributed by atoms with Gasteiger partial charge >= 0.3 is 0 Å². The van der Waals surface area contributed by atoms with E-state index in [1.54, 1.807) is 12.1 Å². The quantitative estimate of drug-likeness (QED) is 0.790. The predicted octanol–water partition coefficient (Wildman–Crippen LogP) is 2.89. The number of nitrogens with one attached hydrogen (secondary N) is 1. The number of aromatic hydroxyl groups is 1. The molecular weight excluding hydrogens is 230 g/mol. The first-order valence-corrected chi connectivity index (χ1v) is 4.88. The van der Waals surface area contributed by atoms with Gasteiger partial charge < -0.3 is 14.8 Å². The summed E-state index contributed by atoms with van der Waals surface area (Å²) in [6.07, 6.45) is 1.40. The van der Waals surface area contributed by atoms with E-state index in [0.717, 1.165) is 0 Å². The van der Waals surface area contributed by atoms with Crippen molar-refractivity contribution in [2.75, 3.05) is 5.32 Å². The summed E-state index contributed by atoms with van der Waals surface area (Å²) in [6.45, 7) is 0. The molecule has 0 aliphatic carbocycles. The summed E-state index contributed by atoms with van der Waals surface area (Å²) in [6, 6.07) is 7.57. The van der Waals surface area contributed by atoms with Crippen molar-refractivity contribution in [3.05, 3.63) is 47.4 Å². The van der Waals surface area contributed by atoms with Gasteiger partial charge in [-0.05, 0) is 24.3 Å². The van der Waals surface area contributed by atoms with Crippen molar-refractivity contribution in [3.8, 4) is 5.75 Å². The van der Waals surface area contributed by atoms with E-state index in [4.69, 9.17) is 16.0 Å². The summed E-state index contributed by atoms with van der Waals surface area (Å²) < 4.78 is 4.91. The van der Waals surface area contributed by atoms with E-state index < -0.39 is 5.91 Å². The number of carbonyl (C=O) groups excluding carboxylic acids is 1. The number of hydrogen-bond donors (Lipinski definition) is 2. The lowest BCUT2D eigenvalue weighted by atomic mass is 10.3. The number of phenols is 1. The highest BCUT2D eigenvalue weighted by molar-refractivity contribution is 6.30. The molecule has 0 saturated heterocycles. The van der Waals surface area contributed by atoms with Crippen LogP contribution in [0.15, 0.2) is 41.0 Å². The zero-order valence-corrected chi connectivity index (χ0v) is 8.86. The number of rotatable bonds is 2. The van der Waals surface area contributed by atoms with Gasteiger partial charge in [-0.15, -0.1) is 0 Å². The molecule has 0 bridgehead atoms. The van der Waals surface area contributed by atoms with Crippen molar-refractivity contribution in [1.82, 2.24) is 0 Å². The standard InChI is InChI=1S/C11H8ClNO3/c12-7-3-4-8(9(14)6-7)13-11(15)10-2-1-5-16-10/h1-6,14H,(H,13,15). The third-order valence-corrected chi connectivity index (χ3v) is 2.19. The normalized spacial score (nSPS) is 10.1. The Kier molecular flexibility index (Phi) is 2.83. The second-order valence-electron chi connectivity index (χ2n) is 3.09. The van der Waals surface area contributed by atoms with Gasteiger partial charge in [-0.2, -0.15) is 0 Å². The number of anilines is 1. The number of hydrogen-bond acceptors (Lipinski definition) is 3. The molecule has 0 aliphatic rings. The van der Waals surface area contributed by atoms with Crippen molar-refractivity contribution in [2.24, 2.45) is 0 Å². The number of amides is 1. The van der Waals surface area contributed by atoms with Crippen molar-refractivity contribution in [2.45, 2.75) is 0 Å². The first-order chi connectivity index (χ1) is 7.66. The zero-order valence-electron chi connectivity index (χ0n) is 8.11. The average molecular weight is 238 g/mol. The van der Waals surface area contributed by atoms with E-state index in [9.17, 15) is 9.90 Å². The van der Waals surface area contributed by atoms with Gasteiger partial charge in [0, 0.05) is 11.1 Å². The van der Waals surface area contributed by atoms with Crippen molar-refractivity contribution in [1.29, 1.82) is 0 Å². The molecule has 1 heterocycles. The third kappa shape index (κ3) is 2.17. The highest BCUT2D eigenvalue weighted by atomic mass is 35.5. The number of benzene rings is 1. The fourth-order valence-corrected chi connectivity index (χ4v) is 1.37. The molecule has 0 saturated carbocycles. The molecule has 5 heteroatoms. The topological polar surface area (TPSA) is 62.5 Å². The van der Waals surface area contributed by atoms with Crippen molar-refractivity contribution < 1.29 is 14.3 Å². The van der Waals surface area contributed by atoms with E-state index in [1.165, 1.54) is 24.5 Å². The van der Waals surface area contributed by atoms with Crippen LogP contribution in [0.5, 0.6) is 5.75 Å². The number of phenolic OH excluding ortho intramolecular Hbond substituents is 1. The number of furan rings is 1. The molecule has 0 spiro atoms. The minimum absolute atomic E-state index is 0.0904. The summed E-state index contributed by atoms with van der Waals surface area (Å²) in [4.78, 5) is 11.6. The Balaban J connectivity index is 2.18. The molecule has 2 rings (SSSR count). The lowest BCUT2D eigenvalue weighted by Crippen LogP contribution is -2.10. The van der Waals surface area contributed by atoms with E-state index in [1.807, 2.05) is 0 Å². The molecule has 2 aromatic rings. The van der Waals surface area contributed by atoms with E-state index in [0.29, 0.717) is 5.02 Å². The maximum Gasteiger partial charge on any atom is 0.291 e. The monoisotopic (exact) mass is 237 g/mol. The molecule has 2 N–H and O–H groups in total. The van der Waals surface area contributed by atoms with Crippen LogP contribution in [0.3, 0.4) is 0 Å². The Morgan fingerprint density at radius 3 is 2.81 bits per heavy atom. The first kappa shape index (κ1) is 10.6. The highest BCUT2D eigenvalue weighted by Gasteiger charge is 2.10. The lowest BCUT2D eigenvalue weighted by molar-refractivity contribution is 0.0996. The van der Waals surface area contributed by atoms with Crippen LogP contribution in [0.1, 0.15) is 10.6 Å². The van der Waals surface area contributed by atoms with Gasteiger partial charge in [0.25, 0.3) is 5.91 Å². The van der Waals surface area contributed by atoms with Crippen LogP contribution in [0, 0.1) is 0 Å². The molecule has 0 radical (unpaired) electrons. The molecule has 1 aromatic carbocycles. The molecule has 0 aliphatic heterocycles. The molecule has 1 aromatic heterocycles.